The van der Waals surface area contributed by atoms with E-state index in [9.17, 15) is 0 Å². The van der Waals surface area contributed by atoms with E-state index in [0.717, 1.165) is 10.2 Å². The van der Waals surface area contributed by atoms with Gasteiger partial charge in [-0.15, -0.1) is 0 Å². The Labute approximate surface area is 80.1 Å². The van der Waals surface area contributed by atoms with Crippen molar-refractivity contribution < 1.29 is 4.74 Å². The molecule has 1 aromatic rings. The third-order valence-corrected chi connectivity index (χ3v) is 1.95. The molecule has 0 aliphatic carbocycles. The fraction of sp³-hybridized carbons (Fsp3) is 0.222. The van der Waals surface area contributed by atoms with Gasteiger partial charge >= 0.3 is 0 Å². The van der Waals surface area contributed by atoms with E-state index in [2.05, 4.69) is 20.8 Å². The minimum absolute atomic E-state index is 0.404. The summed E-state index contributed by atoms with van der Waals surface area (Å²) in [5.41, 5.74) is 0. The lowest BCUT2D eigenvalue weighted by molar-refractivity contribution is 0.334. The number of nitrogens with zero attached hydrogens (tertiary/aromatic N) is 1. The Balaban J connectivity index is 2.53. The third kappa shape index (κ3) is 2.55. The largest absolute Gasteiger partial charge is 0.485 e. The molecule has 1 aromatic carbocycles. The molecule has 0 atom stereocenters. The first-order valence-corrected chi connectivity index (χ1v) is 4.34. The van der Waals surface area contributed by atoms with Crippen LogP contribution in [0.2, 0.25) is 0 Å². The molecule has 0 saturated carbocycles. The van der Waals surface area contributed by atoms with Crippen LogP contribution in [0.15, 0.2) is 28.7 Å². The maximum Gasteiger partial charge on any atom is 0.248 e. The van der Waals surface area contributed by atoms with Crippen molar-refractivity contribution in [3.8, 4) is 5.75 Å². The van der Waals surface area contributed by atoms with Crippen LogP contribution >= 0.6 is 15.9 Å². The van der Waals surface area contributed by atoms with Gasteiger partial charge in [-0.1, -0.05) is 12.1 Å². The zero-order valence-corrected chi connectivity index (χ0v) is 8.04. The number of hydrogen-bond acceptors (Lipinski definition) is 1. The highest BCUT2D eigenvalue weighted by Crippen LogP contribution is 2.23. The van der Waals surface area contributed by atoms with Crippen molar-refractivity contribution in [2.24, 2.45) is 0 Å². The van der Waals surface area contributed by atoms with Gasteiger partial charge < -0.3 is 9.58 Å². The minimum Gasteiger partial charge on any atom is -0.485 e. The molecule has 0 aliphatic rings. The monoisotopic (exact) mass is 225 g/mol. The second-order valence-corrected chi connectivity index (χ2v) is 3.01. The zero-order chi connectivity index (χ0) is 8.81. The van der Waals surface area contributed by atoms with Gasteiger partial charge in [-0.05, 0) is 28.1 Å². The maximum atomic E-state index is 6.56. The standard InChI is InChI=1S/C9H8BrNO/c1-11-6-7-12-9-5-3-2-4-8(9)10/h2-5H,6-7H2. The van der Waals surface area contributed by atoms with Gasteiger partial charge in [0.25, 0.3) is 0 Å². The van der Waals surface area contributed by atoms with Crippen molar-refractivity contribution in [1.82, 2.24) is 0 Å². The average Bonchev–Trinajstić information content (AvgIpc) is 2.09. The number of para-hydroxylation sites is 1. The van der Waals surface area contributed by atoms with Crippen LogP contribution < -0.4 is 4.74 Å². The van der Waals surface area contributed by atoms with Gasteiger partial charge in [0.05, 0.1) is 4.47 Å². The lowest BCUT2D eigenvalue weighted by atomic mass is 10.3. The molecule has 0 bridgehead atoms. The second kappa shape index (κ2) is 4.78. The lowest BCUT2D eigenvalue weighted by Gasteiger charge is -2.03. The average molecular weight is 226 g/mol. The van der Waals surface area contributed by atoms with Gasteiger partial charge in [-0.25, -0.2) is 6.57 Å². The van der Waals surface area contributed by atoms with Crippen LogP contribution in [-0.2, 0) is 0 Å². The van der Waals surface area contributed by atoms with E-state index in [1.807, 2.05) is 24.3 Å². The molecule has 0 spiro atoms. The molecule has 12 heavy (non-hydrogen) atoms. The Morgan fingerprint density at radius 2 is 2.17 bits per heavy atom. The third-order valence-electron chi connectivity index (χ3n) is 1.30. The molecular weight excluding hydrogens is 218 g/mol. The first kappa shape index (κ1) is 9.08. The zero-order valence-electron chi connectivity index (χ0n) is 6.46. The summed E-state index contributed by atoms with van der Waals surface area (Å²) in [6.45, 7) is 7.41. The Bertz CT molecular complexity index is 293. The Morgan fingerprint density at radius 1 is 1.42 bits per heavy atom. The van der Waals surface area contributed by atoms with Crippen molar-refractivity contribution in [1.29, 1.82) is 0 Å². The van der Waals surface area contributed by atoms with Crippen LogP contribution in [-0.4, -0.2) is 13.2 Å². The van der Waals surface area contributed by atoms with Gasteiger partial charge in [0.15, 0.2) is 6.61 Å². The van der Waals surface area contributed by atoms with Gasteiger partial charge in [-0.2, -0.15) is 0 Å². The molecule has 0 unspecified atom stereocenters. The molecule has 62 valence electrons. The number of benzene rings is 1. The minimum atomic E-state index is 0.404. The summed E-state index contributed by atoms with van der Waals surface area (Å²) in [5, 5.41) is 0. The van der Waals surface area contributed by atoms with E-state index in [1.54, 1.807) is 0 Å². The van der Waals surface area contributed by atoms with Crippen LogP contribution in [0, 0.1) is 6.57 Å². The van der Waals surface area contributed by atoms with Crippen LogP contribution in [0.3, 0.4) is 0 Å². The fourth-order valence-corrected chi connectivity index (χ4v) is 1.16. The van der Waals surface area contributed by atoms with Crippen molar-refractivity contribution in [3.05, 3.63) is 40.2 Å². The maximum absolute atomic E-state index is 6.56. The van der Waals surface area contributed by atoms with E-state index in [1.165, 1.54) is 0 Å². The van der Waals surface area contributed by atoms with E-state index < -0.39 is 0 Å². The van der Waals surface area contributed by atoms with Crippen LogP contribution in [0.4, 0.5) is 0 Å². The first-order chi connectivity index (χ1) is 5.84. The summed E-state index contributed by atoms with van der Waals surface area (Å²) in [6.07, 6.45) is 0. The predicted molar refractivity (Wildman–Crippen MR) is 51.1 cm³/mol. The van der Waals surface area contributed by atoms with Crippen molar-refractivity contribution in [2.75, 3.05) is 13.2 Å². The number of hydrogen-bond donors (Lipinski definition) is 0. The molecular formula is C9H8BrNO. The summed E-state index contributed by atoms with van der Waals surface area (Å²) in [6, 6.07) is 7.60. The molecule has 0 heterocycles. The Kier molecular flexibility index (Phi) is 3.62. The molecule has 3 heteroatoms. The van der Waals surface area contributed by atoms with Crippen LogP contribution in [0.25, 0.3) is 4.85 Å². The Morgan fingerprint density at radius 3 is 2.83 bits per heavy atom. The molecule has 2 nitrogen and oxygen atoms in total. The topological polar surface area (TPSA) is 13.6 Å². The van der Waals surface area contributed by atoms with E-state index in [-0.39, 0.29) is 0 Å². The van der Waals surface area contributed by atoms with Gasteiger partial charge in [0, 0.05) is 0 Å². The van der Waals surface area contributed by atoms with Gasteiger partial charge in [-0.3, -0.25) is 0 Å². The van der Waals surface area contributed by atoms with Crippen molar-refractivity contribution >= 4 is 15.9 Å². The smallest absolute Gasteiger partial charge is 0.248 e. The molecule has 0 amide bonds. The SMILES string of the molecule is [C-]#[N+]CCOc1ccccc1Br. The molecule has 0 N–H and O–H groups in total. The Hall–Kier alpha value is -1.01. The summed E-state index contributed by atoms with van der Waals surface area (Å²) in [4.78, 5) is 3.19. The molecule has 0 aliphatic heterocycles. The van der Waals surface area contributed by atoms with Crippen molar-refractivity contribution in [2.45, 2.75) is 0 Å². The molecule has 1 rings (SSSR count). The van der Waals surface area contributed by atoms with Gasteiger partial charge in [0.1, 0.15) is 5.75 Å². The molecule has 0 saturated heterocycles. The van der Waals surface area contributed by atoms with E-state index in [4.69, 9.17) is 11.3 Å². The highest BCUT2D eigenvalue weighted by atomic mass is 79.9. The quantitative estimate of drug-likeness (QED) is 0.570. The van der Waals surface area contributed by atoms with E-state index in [0.29, 0.717) is 13.2 Å². The molecule has 0 fully saturated rings. The first-order valence-electron chi connectivity index (χ1n) is 3.55. The van der Waals surface area contributed by atoms with Crippen LogP contribution in [0.1, 0.15) is 0 Å². The summed E-state index contributed by atoms with van der Waals surface area (Å²) in [5.74, 6) is 0.793. The summed E-state index contributed by atoms with van der Waals surface area (Å²) in [7, 11) is 0. The molecule has 0 radical (unpaired) electrons. The number of rotatable bonds is 3. The van der Waals surface area contributed by atoms with Gasteiger partial charge in [0.2, 0.25) is 6.54 Å². The van der Waals surface area contributed by atoms with Crippen LogP contribution in [0.5, 0.6) is 5.75 Å². The fourth-order valence-electron chi connectivity index (χ4n) is 0.763. The highest BCUT2D eigenvalue weighted by Gasteiger charge is 1.98. The summed E-state index contributed by atoms with van der Waals surface area (Å²) >= 11 is 3.35. The van der Waals surface area contributed by atoms with Crippen molar-refractivity contribution in [3.63, 3.8) is 0 Å². The number of ether oxygens (including phenoxy) is 1. The summed E-state index contributed by atoms with van der Waals surface area (Å²) < 4.78 is 6.24. The second-order valence-electron chi connectivity index (χ2n) is 2.16. The predicted octanol–water partition coefficient (Wildman–Crippen LogP) is 2.75. The molecule has 0 aromatic heterocycles. The normalized spacial score (nSPS) is 9.00. The lowest BCUT2D eigenvalue weighted by Crippen LogP contribution is -1.99. The number of halogens is 1. The van der Waals surface area contributed by atoms with E-state index >= 15 is 0 Å². The highest BCUT2D eigenvalue weighted by molar-refractivity contribution is 9.10.